The fraction of sp³-hybridized carbons (Fsp3) is 0.706. The first-order valence-electron chi connectivity index (χ1n) is 8.45. The van der Waals surface area contributed by atoms with Gasteiger partial charge >= 0.3 is 0 Å². The molecule has 0 aromatic carbocycles. The third-order valence-corrected chi connectivity index (χ3v) is 4.03. The maximum Gasteiger partial charge on any atom is 0.270 e. The Balaban J connectivity index is 1.96. The molecule has 22 heavy (non-hydrogen) atoms. The number of hydrogen-bond donors (Lipinski definition) is 2. The summed E-state index contributed by atoms with van der Waals surface area (Å²) in [6.07, 6.45) is 6.90. The summed E-state index contributed by atoms with van der Waals surface area (Å²) in [5, 5.41) is 6.32. The van der Waals surface area contributed by atoms with Crippen LogP contribution >= 0.6 is 0 Å². The number of carbonyl (C=O) groups is 1. The van der Waals surface area contributed by atoms with Crippen LogP contribution in [0.5, 0.6) is 0 Å². The van der Waals surface area contributed by atoms with Gasteiger partial charge in [-0.15, -0.1) is 0 Å². The van der Waals surface area contributed by atoms with Crippen molar-refractivity contribution in [1.82, 2.24) is 15.3 Å². The Morgan fingerprint density at radius 1 is 1.27 bits per heavy atom. The molecule has 1 aromatic heterocycles. The van der Waals surface area contributed by atoms with Gasteiger partial charge in [-0.2, -0.15) is 0 Å². The average Bonchev–Trinajstić information content (AvgIpc) is 2.47. The minimum Gasteiger partial charge on any atom is -0.354 e. The molecule has 5 heteroatoms. The minimum atomic E-state index is -0.0793. The van der Waals surface area contributed by atoms with Crippen LogP contribution in [0, 0.1) is 12.8 Å². The summed E-state index contributed by atoms with van der Waals surface area (Å²) in [6.45, 7) is 7.08. The van der Waals surface area contributed by atoms with Crippen molar-refractivity contribution < 1.29 is 4.79 Å². The number of aromatic nitrogens is 2. The van der Waals surface area contributed by atoms with Gasteiger partial charge in [-0.05, 0) is 38.2 Å². The molecule has 122 valence electrons. The smallest absolute Gasteiger partial charge is 0.270 e. The molecule has 2 rings (SSSR count). The van der Waals surface area contributed by atoms with Crippen LogP contribution in [0.1, 0.15) is 68.6 Å². The van der Waals surface area contributed by atoms with E-state index in [0.29, 0.717) is 23.6 Å². The van der Waals surface area contributed by atoms with Crippen LogP contribution in [0.3, 0.4) is 0 Å². The fourth-order valence-corrected chi connectivity index (χ4v) is 2.74. The molecule has 1 aliphatic carbocycles. The van der Waals surface area contributed by atoms with Crippen LogP contribution in [-0.2, 0) is 0 Å². The Labute approximate surface area is 133 Å². The minimum absolute atomic E-state index is 0.0793. The number of nitrogens with one attached hydrogen (secondary N) is 2. The summed E-state index contributed by atoms with van der Waals surface area (Å²) < 4.78 is 0. The SMILES string of the molecule is Cc1cc(C(=O)NC2CCCCC2)nc(NCCC(C)C)n1. The van der Waals surface area contributed by atoms with E-state index in [1.54, 1.807) is 6.07 Å². The van der Waals surface area contributed by atoms with E-state index >= 15 is 0 Å². The van der Waals surface area contributed by atoms with E-state index < -0.39 is 0 Å². The van der Waals surface area contributed by atoms with E-state index in [1.165, 1.54) is 19.3 Å². The molecule has 1 aromatic rings. The normalized spacial score (nSPS) is 15.8. The molecule has 0 bridgehead atoms. The predicted molar refractivity (Wildman–Crippen MR) is 89.1 cm³/mol. The summed E-state index contributed by atoms with van der Waals surface area (Å²) >= 11 is 0. The molecular formula is C17H28N4O. The molecule has 0 atom stereocenters. The van der Waals surface area contributed by atoms with Crippen LogP contribution in [0.4, 0.5) is 5.95 Å². The van der Waals surface area contributed by atoms with Gasteiger partial charge in [0.2, 0.25) is 5.95 Å². The first-order valence-corrected chi connectivity index (χ1v) is 8.45. The van der Waals surface area contributed by atoms with Crippen molar-refractivity contribution in [3.8, 4) is 0 Å². The largest absolute Gasteiger partial charge is 0.354 e. The molecule has 1 fully saturated rings. The number of anilines is 1. The number of rotatable bonds is 6. The van der Waals surface area contributed by atoms with E-state index in [1.807, 2.05) is 6.92 Å². The highest BCUT2D eigenvalue weighted by molar-refractivity contribution is 5.92. The molecule has 1 amide bonds. The molecule has 5 nitrogen and oxygen atoms in total. The van der Waals surface area contributed by atoms with Gasteiger partial charge < -0.3 is 10.6 Å². The topological polar surface area (TPSA) is 66.9 Å². The standard InChI is InChI=1S/C17H28N4O/c1-12(2)9-10-18-17-19-13(3)11-15(21-17)16(22)20-14-7-5-4-6-8-14/h11-12,14H,4-10H2,1-3H3,(H,20,22)(H,18,19,21). The van der Waals surface area contributed by atoms with Crippen LogP contribution in [-0.4, -0.2) is 28.5 Å². The van der Waals surface area contributed by atoms with Crippen molar-refractivity contribution in [2.24, 2.45) is 5.92 Å². The number of hydrogen-bond acceptors (Lipinski definition) is 4. The van der Waals surface area contributed by atoms with Crippen molar-refractivity contribution in [2.45, 2.75) is 65.3 Å². The second-order valence-electron chi connectivity index (χ2n) is 6.64. The summed E-state index contributed by atoms with van der Waals surface area (Å²) in [4.78, 5) is 21.1. The molecule has 0 spiro atoms. The third-order valence-electron chi connectivity index (χ3n) is 4.03. The Morgan fingerprint density at radius 2 is 2.00 bits per heavy atom. The lowest BCUT2D eigenvalue weighted by Gasteiger charge is -2.22. The van der Waals surface area contributed by atoms with E-state index in [4.69, 9.17) is 0 Å². The van der Waals surface area contributed by atoms with E-state index in [9.17, 15) is 4.79 Å². The highest BCUT2D eigenvalue weighted by atomic mass is 16.1. The Hall–Kier alpha value is -1.65. The van der Waals surface area contributed by atoms with Gasteiger partial charge in [0, 0.05) is 18.3 Å². The van der Waals surface area contributed by atoms with Gasteiger partial charge in [-0.25, -0.2) is 9.97 Å². The van der Waals surface area contributed by atoms with Crippen LogP contribution < -0.4 is 10.6 Å². The fourth-order valence-electron chi connectivity index (χ4n) is 2.74. The zero-order chi connectivity index (χ0) is 15.9. The molecule has 1 heterocycles. The van der Waals surface area contributed by atoms with Crippen molar-refractivity contribution in [2.75, 3.05) is 11.9 Å². The number of amides is 1. The first-order chi connectivity index (χ1) is 10.5. The molecule has 0 unspecified atom stereocenters. The first kappa shape index (κ1) is 16.7. The van der Waals surface area contributed by atoms with Gasteiger partial charge in [0.15, 0.2) is 0 Å². The highest BCUT2D eigenvalue weighted by Gasteiger charge is 2.18. The van der Waals surface area contributed by atoms with Crippen molar-refractivity contribution >= 4 is 11.9 Å². The van der Waals surface area contributed by atoms with Gasteiger partial charge in [0.25, 0.3) is 5.91 Å². The Bertz CT molecular complexity index is 495. The maximum absolute atomic E-state index is 12.4. The molecular weight excluding hydrogens is 276 g/mol. The van der Waals surface area contributed by atoms with Crippen molar-refractivity contribution in [3.05, 3.63) is 17.5 Å². The predicted octanol–water partition coefficient (Wildman–Crippen LogP) is 3.31. The summed E-state index contributed by atoms with van der Waals surface area (Å²) in [6, 6.07) is 2.06. The highest BCUT2D eigenvalue weighted by Crippen LogP contribution is 2.18. The second kappa shape index (κ2) is 8.11. The lowest BCUT2D eigenvalue weighted by atomic mass is 9.95. The Kier molecular flexibility index (Phi) is 6.16. The Morgan fingerprint density at radius 3 is 2.68 bits per heavy atom. The molecule has 2 N–H and O–H groups in total. The monoisotopic (exact) mass is 304 g/mol. The summed E-state index contributed by atoms with van der Waals surface area (Å²) in [7, 11) is 0. The summed E-state index contributed by atoms with van der Waals surface area (Å²) in [5.41, 5.74) is 1.28. The average molecular weight is 304 g/mol. The lowest BCUT2D eigenvalue weighted by molar-refractivity contribution is 0.0922. The van der Waals surface area contributed by atoms with Crippen molar-refractivity contribution in [3.63, 3.8) is 0 Å². The third kappa shape index (κ3) is 5.28. The van der Waals surface area contributed by atoms with Crippen LogP contribution in [0.2, 0.25) is 0 Å². The van der Waals surface area contributed by atoms with Gasteiger partial charge in [-0.1, -0.05) is 33.1 Å². The molecule has 1 saturated carbocycles. The number of aryl methyl sites for hydroxylation is 1. The quantitative estimate of drug-likeness (QED) is 0.846. The zero-order valence-electron chi connectivity index (χ0n) is 14.0. The second-order valence-corrected chi connectivity index (χ2v) is 6.64. The van der Waals surface area contributed by atoms with E-state index in [0.717, 1.165) is 31.5 Å². The van der Waals surface area contributed by atoms with Gasteiger partial charge in [-0.3, -0.25) is 4.79 Å². The van der Waals surface area contributed by atoms with Gasteiger partial charge in [0.05, 0.1) is 0 Å². The van der Waals surface area contributed by atoms with Gasteiger partial charge in [0.1, 0.15) is 5.69 Å². The van der Waals surface area contributed by atoms with Crippen LogP contribution in [0.15, 0.2) is 6.07 Å². The summed E-state index contributed by atoms with van der Waals surface area (Å²) in [5.74, 6) is 1.10. The molecule has 0 aliphatic heterocycles. The van der Waals surface area contributed by atoms with E-state index in [-0.39, 0.29) is 5.91 Å². The lowest BCUT2D eigenvalue weighted by Crippen LogP contribution is -2.36. The van der Waals surface area contributed by atoms with Crippen LogP contribution in [0.25, 0.3) is 0 Å². The molecule has 0 radical (unpaired) electrons. The zero-order valence-corrected chi connectivity index (χ0v) is 14.0. The molecule has 1 aliphatic rings. The van der Waals surface area contributed by atoms with E-state index in [2.05, 4.69) is 34.4 Å². The number of nitrogens with zero attached hydrogens (tertiary/aromatic N) is 2. The maximum atomic E-state index is 12.4. The van der Waals surface area contributed by atoms with Crippen molar-refractivity contribution in [1.29, 1.82) is 0 Å². The number of carbonyl (C=O) groups excluding carboxylic acids is 1. The molecule has 0 saturated heterocycles.